The minimum absolute atomic E-state index is 0.0999. The number of halogens is 1. The molecular formula is C18H18ClN3O2. The number of nitrogens with zero attached hydrogens (tertiary/aromatic N) is 3. The number of hydrogen-bond donors (Lipinski definition) is 0. The zero-order valence-corrected chi connectivity index (χ0v) is 14.6. The SMILES string of the molecule is CCc1ccc2c(=O)c3ccc(Cl)c(N(C)C)c3n(CC=O)c2n1. The molecule has 1 aromatic carbocycles. The van der Waals surface area contributed by atoms with Crippen molar-refractivity contribution in [3.8, 4) is 0 Å². The molecule has 0 saturated heterocycles. The molecule has 124 valence electrons. The molecule has 0 radical (unpaired) electrons. The second kappa shape index (κ2) is 6.24. The molecule has 2 aromatic heterocycles. The van der Waals surface area contributed by atoms with Crippen LogP contribution >= 0.6 is 11.6 Å². The lowest BCUT2D eigenvalue weighted by atomic mass is 10.1. The van der Waals surface area contributed by atoms with Gasteiger partial charge < -0.3 is 14.3 Å². The summed E-state index contributed by atoms with van der Waals surface area (Å²) in [5.41, 5.74) is 2.63. The van der Waals surface area contributed by atoms with Gasteiger partial charge in [-0.2, -0.15) is 0 Å². The summed E-state index contributed by atoms with van der Waals surface area (Å²) < 4.78 is 1.78. The monoisotopic (exact) mass is 343 g/mol. The summed E-state index contributed by atoms with van der Waals surface area (Å²) in [6.07, 6.45) is 1.56. The molecule has 0 fully saturated rings. The number of fused-ring (bicyclic) bond motifs is 2. The van der Waals surface area contributed by atoms with Crippen molar-refractivity contribution < 1.29 is 4.79 Å². The Bertz CT molecular complexity index is 1010. The van der Waals surface area contributed by atoms with Crippen LogP contribution in [0.15, 0.2) is 29.1 Å². The third-order valence-corrected chi connectivity index (χ3v) is 4.42. The Hall–Kier alpha value is -2.40. The number of carbonyl (C=O) groups excluding carboxylic acids is 1. The van der Waals surface area contributed by atoms with Crippen LogP contribution in [0.3, 0.4) is 0 Å². The molecule has 0 aliphatic heterocycles. The Morgan fingerprint density at radius 3 is 2.54 bits per heavy atom. The van der Waals surface area contributed by atoms with E-state index in [1.54, 1.807) is 22.8 Å². The summed E-state index contributed by atoms with van der Waals surface area (Å²) in [4.78, 5) is 30.7. The average Bonchev–Trinajstić information content (AvgIpc) is 2.57. The number of aromatic nitrogens is 2. The van der Waals surface area contributed by atoms with Crippen LogP contribution < -0.4 is 10.3 Å². The quantitative estimate of drug-likeness (QED) is 0.539. The molecule has 0 aliphatic carbocycles. The zero-order valence-electron chi connectivity index (χ0n) is 13.8. The fraction of sp³-hybridized carbons (Fsp3) is 0.278. The van der Waals surface area contributed by atoms with Crippen molar-refractivity contribution in [1.82, 2.24) is 9.55 Å². The van der Waals surface area contributed by atoms with E-state index in [0.717, 1.165) is 18.4 Å². The maximum absolute atomic E-state index is 12.9. The van der Waals surface area contributed by atoms with Crippen LogP contribution in [-0.2, 0) is 17.8 Å². The number of anilines is 1. The van der Waals surface area contributed by atoms with Crippen molar-refractivity contribution in [2.45, 2.75) is 19.9 Å². The topological polar surface area (TPSA) is 55.2 Å². The first kappa shape index (κ1) is 16.5. The number of carbonyl (C=O) groups is 1. The highest BCUT2D eigenvalue weighted by Crippen LogP contribution is 2.33. The first-order valence-electron chi connectivity index (χ1n) is 7.75. The lowest BCUT2D eigenvalue weighted by Gasteiger charge is -2.21. The number of aldehydes is 1. The summed E-state index contributed by atoms with van der Waals surface area (Å²) in [5.74, 6) is 0. The van der Waals surface area contributed by atoms with Gasteiger partial charge in [0.25, 0.3) is 0 Å². The molecule has 0 saturated carbocycles. The molecule has 0 unspecified atom stereocenters. The van der Waals surface area contributed by atoms with Gasteiger partial charge in [-0.25, -0.2) is 4.98 Å². The van der Waals surface area contributed by atoms with E-state index in [-0.39, 0.29) is 12.0 Å². The van der Waals surface area contributed by atoms with Crippen LogP contribution in [0.1, 0.15) is 12.6 Å². The average molecular weight is 344 g/mol. The van der Waals surface area contributed by atoms with Gasteiger partial charge >= 0.3 is 0 Å². The standard InChI is InChI=1S/C18H18ClN3O2/c1-4-11-5-6-13-17(24)12-7-8-14(19)16(21(2)3)15(12)22(9-10-23)18(13)20-11/h5-8,10H,4,9H2,1-3H3. The number of aryl methyl sites for hydroxylation is 1. The van der Waals surface area contributed by atoms with Crippen LogP contribution in [0, 0.1) is 0 Å². The van der Waals surface area contributed by atoms with Crippen LogP contribution in [0.25, 0.3) is 21.9 Å². The van der Waals surface area contributed by atoms with Crippen LogP contribution in [0.5, 0.6) is 0 Å². The summed E-state index contributed by atoms with van der Waals surface area (Å²) in [6, 6.07) is 7.06. The predicted molar refractivity (Wildman–Crippen MR) is 98.3 cm³/mol. The predicted octanol–water partition coefficient (Wildman–Crippen LogP) is 3.03. The van der Waals surface area contributed by atoms with E-state index < -0.39 is 0 Å². The molecule has 24 heavy (non-hydrogen) atoms. The van der Waals surface area contributed by atoms with Gasteiger partial charge in [-0.1, -0.05) is 18.5 Å². The normalized spacial score (nSPS) is 11.2. The van der Waals surface area contributed by atoms with E-state index in [4.69, 9.17) is 11.6 Å². The minimum atomic E-state index is -0.0999. The van der Waals surface area contributed by atoms with E-state index in [2.05, 4.69) is 4.98 Å². The van der Waals surface area contributed by atoms with Gasteiger partial charge in [-0.15, -0.1) is 0 Å². The lowest BCUT2D eigenvalue weighted by molar-refractivity contribution is -0.108. The summed E-state index contributed by atoms with van der Waals surface area (Å²) in [7, 11) is 3.72. The Morgan fingerprint density at radius 1 is 1.21 bits per heavy atom. The molecule has 5 nitrogen and oxygen atoms in total. The summed E-state index contributed by atoms with van der Waals surface area (Å²) in [5, 5.41) is 1.56. The minimum Gasteiger partial charge on any atom is -0.375 e. The molecule has 3 aromatic rings. The number of pyridine rings is 2. The number of hydrogen-bond acceptors (Lipinski definition) is 4. The van der Waals surface area contributed by atoms with Gasteiger partial charge in [-0.05, 0) is 30.7 Å². The molecule has 2 heterocycles. The van der Waals surface area contributed by atoms with Crippen LogP contribution in [0.2, 0.25) is 5.02 Å². The Balaban J connectivity index is 2.63. The van der Waals surface area contributed by atoms with Gasteiger partial charge in [0.05, 0.1) is 28.2 Å². The van der Waals surface area contributed by atoms with E-state index in [1.165, 1.54) is 0 Å². The molecule has 0 N–H and O–H groups in total. The van der Waals surface area contributed by atoms with Gasteiger partial charge in [0.1, 0.15) is 11.9 Å². The lowest BCUT2D eigenvalue weighted by Crippen LogP contribution is -2.18. The van der Waals surface area contributed by atoms with Crippen molar-refractivity contribution in [2.75, 3.05) is 19.0 Å². The van der Waals surface area contributed by atoms with Crippen molar-refractivity contribution in [3.05, 3.63) is 45.2 Å². The summed E-state index contributed by atoms with van der Waals surface area (Å²) >= 11 is 6.37. The molecule has 0 atom stereocenters. The first-order chi connectivity index (χ1) is 11.5. The van der Waals surface area contributed by atoms with Gasteiger partial charge in [0, 0.05) is 25.2 Å². The fourth-order valence-corrected chi connectivity index (χ4v) is 3.33. The summed E-state index contributed by atoms with van der Waals surface area (Å²) in [6.45, 7) is 2.11. The van der Waals surface area contributed by atoms with E-state index >= 15 is 0 Å². The van der Waals surface area contributed by atoms with Crippen molar-refractivity contribution in [2.24, 2.45) is 0 Å². The highest BCUT2D eigenvalue weighted by molar-refractivity contribution is 6.35. The van der Waals surface area contributed by atoms with E-state index in [9.17, 15) is 9.59 Å². The van der Waals surface area contributed by atoms with Crippen molar-refractivity contribution >= 4 is 45.5 Å². The van der Waals surface area contributed by atoms with Gasteiger partial charge in [-0.3, -0.25) is 4.79 Å². The number of rotatable bonds is 4. The molecule has 3 rings (SSSR count). The van der Waals surface area contributed by atoms with Crippen molar-refractivity contribution in [3.63, 3.8) is 0 Å². The molecule has 0 bridgehead atoms. The molecule has 0 spiro atoms. The van der Waals surface area contributed by atoms with Crippen molar-refractivity contribution in [1.29, 1.82) is 0 Å². The van der Waals surface area contributed by atoms with Gasteiger partial charge in [0.2, 0.25) is 0 Å². The third-order valence-electron chi connectivity index (χ3n) is 4.12. The van der Waals surface area contributed by atoms with Gasteiger partial charge in [0.15, 0.2) is 5.43 Å². The maximum Gasteiger partial charge on any atom is 0.198 e. The molecule has 0 amide bonds. The third kappa shape index (κ3) is 2.45. The fourth-order valence-electron chi connectivity index (χ4n) is 3.01. The molecule has 6 heteroatoms. The molecule has 0 aliphatic rings. The zero-order chi connectivity index (χ0) is 17.4. The van der Waals surface area contributed by atoms with E-state index in [0.29, 0.717) is 32.6 Å². The Morgan fingerprint density at radius 2 is 1.92 bits per heavy atom. The first-order valence-corrected chi connectivity index (χ1v) is 8.13. The van der Waals surface area contributed by atoms with E-state index in [1.807, 2.05) is 32.0 Å². The highest BCUT2D eigenvalue weighted by Gasteiger charge is 2.18. The number of benzene rings is 1. The maximum atomic E-state index is 12.9. The Labute approximate surface area is 144 Å². The van der Waals surface area contributed by atoms with Crippen LogP contribution in [-0.4, -0.2) is 29.9 Å². The highest BCUT2D eigenvalue weighted by atomic mass is 35.5. The second-order valence-electron chi connectivity index (χ2n) is 5.82. The smallest absolute Gasteiger partial charge is 0.198 e. The molecular weight excluding hydrogens is 326 g/mol. The Kier molecular flexibility index (Phi) is 4.28. The van der Waals surface area contributed by atoms with Crippen LogP contribution in [0.4, 0.5) is 5.69 Å². The largest absolute Gasteiger partial charge is 0.375 e. The second-order valence-corrected chi connectivity index (χ2v) is 6.23.